The summed E-state index contributed by atoms with van der Waals surface area (Å²) in [7, 11) is 0. The summed E-state index contributed by atoms with van der Waals surface area (Å²) in [5.74, 6) is -0.825. The third-order valence-electron chi connectivity index (χ3n) is 9.68. The second-order valence-corrected chi connectivity index (χ2v) is 13.9. The minimum absolute atomic E-state index is 0.00843. The molecule has 0 spiro atoms. The normalized spacial score (nSPS) is 16.4. The number of ketones is 2. The van der Waals surface area contributed by atoms with Gasteiger partial charge in [-0.2, -0.15) is 26.3 Å². The van der Waals surface area contributed by atoms with Gasteiger partial charge in [-0.3, -0.25) is 14.4 Å². The predicted molar refractivity (Wildman–Crippen MR) is 182 cm³/mol. The van der Waals surface area contributed by atoms with Crippen LogP contribution in [0, 0.1) is 5.92 Å². The molecule has 5 nitrogen and oxygen atoms in total. The Bertz CT molecular complexity index is 1920. The Morgan fingerprint density at radius 1 is 0.784 bits per heavy atom. The minimum Gasteiger partial charge on any atom is -0.339 e. The first-order valence-electron chi connectivity index (χ1n) is 16.7. The fraction of sp³-hybridized carbons (Fsp3) is 0.333. The van der Waals surface area contributed by atoms with Crippen LogP contribution in [0.1, 0.15) is 98.2 Å². The highest BCUT2D eigenvalue weighted by Gasteiger charge is 2.32. The molecule has 1 saturated heterocycles. The molecule has 3 aromatic carbocycles. The monoisotopic (exact) mass is 724 g/mol. The number of halogens is 6. The van der Waals surface area contributed by atoms with Crippen LogP contribution in [0.4, 0.5) is 26.3 Å². The number of Topliss-reactive ketones (excluding diaryl/α,β-unsaturated/α-hetero) is 1. The molecule has 0 radical (unpaired) electrons. The van der Waals surface area contributed by atoms with Gasteiger partial charge in [-0.15, -0.1) is 11.3 Å². The number of thiazole rings is 1. The van der Waals surface area contributed by atoms with Crippen molar-refractivity contribution in [2.24, 2.45) is 5.92 Å². The summed E-state index contributed by atoms with van der Waals surface area (Å²) in [6.45, 7) is 0.878. The standard InChI is InChI=1S/C39H34F6N2O3S/c40-38(41,42)29-13-9-25(10-14-29)31-7-3-4-8-32(31)37(50)47-19-17-27(18-20-47)36-46-33(23-51-36)35(49)22-28(24-5-1-2-6-24)21-34(48)26-11-15-30(16-12-26)39(43,44)45/h3-4,7-16,21,23-24,27H,1-2,5-6,17-20,22H2/b28-21-. The number of hydrogen-bond acceptors (Lipinski definition) is 5. The van der Waals surface area contributed by atoms with E-state index >= 15 is 0 Å². The number of aromatic nitrogens is 1. The summed E-state index contributed by atoms with van der Waals surface area (Å²) < 4.78 is 78.2. The maximum atomic E-state index is 13.6. The average Bonchev–Trinajstić information content (AvgIpc) is 3.84. The Morgan fingerprint density at radius 3 is 1.98 bits per heavy atom. The molecule has 2 heterocycles. The van der Waals surface area contributed by atoms with Crippen molar-refractivity contribution in [3.05, 3.63) is 123 Å². The molecule has 0 unspecified atom stereocenters. The van der Waals surface area contributed by atoms with Crippen LogP contribution in [0.25, 0.3) is 11.1 Å². The van der Waals surface area contributed by atoms with Crippen LogP contribution in [0.2, 0.25) is 0 Å². The lowest BCUT2D eigenvalue weighted by atomic mass is 9.90. The van der Waals surface area contributed by atoms with E-state index in [9.17, 15) is 40.7 Å². The maximum Gasteiger partial charge on any atom is 0.416 e. The molecule has 6 rings (SSSR count). The number of amides is 1. The molecule has 4 aromatic rings. The highest BCUT2D eigenvalue weighted by molar-refractivity contribution is 7.09. The van der Waals surface area contributed by atoms with E-state index in [1.165, 1.54) is 29.5 Å². The second-order valence-electron chi connectivity index (χ2n) is 13.0. The third-order valence-corrected chi connectivity index (χ3v) is 10.7. The lowest BCUT2D eigenvalue weighted by Gasteiger charge is -2.31. The van der Waals surface area contributed by atoms with Crippen molar-refractivity contribution in [1.29, 1.82) is 0 Å². The van der Waals surface area contributed by atoms with Crippen LogP contribution in [-0.4, -0.2) is 40.4 Å². The highest BCUT2D eigenvalue weighted by Crippen LogP contribution is 2.37. The number of hydrogen-bond donors (Lipinski definition) is 0. The molecule has 1 aliphatic carbocycles. The van der Waals surface area contributed by atoms with Gasteiger partial charge in [0.1, 0.15) is 5.69 Å². The van der Waals surface area contributed by atoms with Crippen LogP contribution in [0.3, 0.4) is 0 Å². The molecule has 1 saturated carbocycles. The highest BCUT2D eigenvalue weighted by atomic mass is 32.1. The molecule has 2 fully saturated rings. The van der Waals surface area contributed by atoms with Crippen molar-refractivity contribution < 1.29 is 40.7 Å². The molecule has 2 aliphatic rings. The summed E-state index contributed by atoms with van der Waals surface area (Å²) in [6.07, 6.45) is -2.75. The average molecular weight is 725 g/mol. The fourth-order valence-electron chi connectivity index (χ4n) is 6.82. The van der Waals surface area contributed by atoms with Crippen LogP contribution >= 0.6 is 11.3 Å². The second kappa shape index (κ2) is 15.0. The van der Waals surface area contributed by atoms with Gasteiger partial charge in [0.2, 0.25) is 0 Å². The number of carbonyl (C=O) groups excluding carboxylic acids is 3. The molecule has 1 amide bonds. The number of allylic oxidation sites excluding steroid dienone is 2. The first-order chi connectivity index (χ1) is 24.3. The molecule has 0 bridgehead atoms. The Labute approximate surface area is 295 Å². The van der Waals surface area contributed by atoms with E-state index < -0.39 is 29.3 Å². The molecule has 1 aromatic heterocycles. The van der Waals surface area contributed by atoms with E-state index in [0.717, 1.165) is 67.1 Å². The van der Waals surface area contributed by atoms with Gasteiger partial charge in [0.05, 0.1) is 16.1 Å². The van der Waals surface area contributed by atoms with E-state index in [2.05, 4.69) is 4.98 Å². The first-order valence-corrected chi connectivity index (χ1v) is 17.6. The number of piperidine rings is 1. The summed E-state index contributed by atoms with van der Waals surface area (Å²) in [5.41, 5.74) is 0.945. The summed E-state index contributed by atoms with van der Waals surface area (Å²) in [4.78, 5) is 46.5. The van der Waals surface area contributed by atoms with Gasteiger partial charge >= 0.3 is 12.4 Å². The zero-order chi connectivity index (χ0) is 36.3. The van der Waals surface area contributed by atoms with Gasteiger partial charge in [-0.1, -0.05) is 60.9 Å². The van der Waals surface area contributed by atoms with Gasteiger partial charge < -0.3 is 4.90 Å². The van der Waals surface area contributed by atoms with Crippen LogP contribution < -0.4 is 0 Å². The quantitative estimate of drug-likeness (QED) is 0.0979. The lowest BCUT2D eigenvalue weighted by molar-refractivity contribution is -0.138. The van der Waals surface area contributed by atoms with Crippen LogP contribution in [0.15, 0.2) is 89.8 Å². The van der Waals surface area contributed by atoms with E-state index in [4.69, 9.17) is 0 Å². The Kier molecular flexibility index (Phi) is 10.6. The van der Waals surface area contributed by atoms with Crippen molar-refractivity contribution >= 4 is 28.8 Å². The number of benzene rings is 3. The number of likely N-dealkylation sites (tertiary alicyclic amines) is 1. The fourth-order valence-corrected chi connectivity index (χ4v) is 7.82. The Balaban J connectivity index is 1.10. The summed E-state index contributed by atoms with van der Waals surface area (Å²) in [6, 6.07) is 15.6. The number of rotatable bonds is 9. The molecule has 0 atom stereocenters. The SMILES string of the molecule is O=C(/C=C(/CC(=O)c1csc(C2CCN(C(=O)c3ccccc3-c3ccc(C(F)(F)F)cc3)CC2)n1)C1CCCC1)c1ccc(C(F)(F)F)cc1. The first kappa shape index (κ1) is 36.2. The smallest absolute Gasteiger partial charge is 0.339 e. The van der Waals surface area contributed by atoms with E-state index in [1.807, 2.05) is 0 Å². The molecule has 0 N–H and O–H groups in total. The molecule has 1 aliphatic heterocycles. The zero-order valence-electron chi connectivity index (χ0n) is 27.4. The van der Waals surface area contributed by atoms with Crippen molar-refractivity contribution in [3.8, 4) is 11.1 Å². The van der Waals surface area contributed by atoms with Gasteiger partial charge in [-0.25, -0.2) is 4.98 Å². The molecular formula is C39H34F6N2O3S. The van der Waals surface area contributed by atoms with Crippen LogP contribution in [-0.2, 0) is 12.4 Å². The molecule has 12 heteroatoms. The van der Waals surface area contributed by atoms with E-state index in [0.29, 0.717) is 53.9 Å². The zero-order valence-corrected chi connectivity index (χ0v) is 28.2. The Morgan fingerprint density at radius 2 is 1.37 bits per heavy atom. The predicted octanol–water partition coefficient (Wildman–Crippen LogP) is 10.4. The van der Waals surface area contributed by atoms with Crippen molar-refractivity contribution in [1.82, 2.24) is 9.88 Å². The molecule has 266 valence electrons. The number of alkyl halides is 6. The number of nitrogens with zero attached hydrogens (tertiary/aromatic N) is 2. The summed E-state index contributed by atoms with van der Waals surface area (Å²) >= 11 is 1.37. The maximum absolute atomic E-state index is 13.6. The molecule has 51 heavy (non-hydrogen) atoms. The largest absolute Gasteiger partial charge is 0.416 e. The van der Waals surface area contributed by atoms with Gasteiger partial charge in [0.15, 0.2) is 11.6 Å². The van der Waals surface area contributed by atoms with E-state index in [1.54, 1.807) is 34.5 Å². The number of carbonyl (C=O) groups is 3. The van der Waals surface area contributed by atoms with Gasteiger partial charge in [-0.05, 0) is 79.1 Å². The van der Waals surface area contributed by atoms with E-state index in [-0.39, 0.29) is 35.5 Å². The van der Waals surface area contributed by atoms with Crippen molar-refractivity contribution in [2.45, 2.75) is 63.2 Å². The topological polar surface area (TPSA) is 67.3 Å². The summed E-state index contributed by atoms with van der Waals surface area (Å²) in [5, 5.41) is 2.49. The third kappa shape index (κ3) is 8.49. The minimum atomic E-state index is -4.51. The Hall–Kier alpha value is -4.58. The van der Waals surface area contributed by atoms with Gasteiger partial charge in [0, 0.05) is 41.9 Å². The van der Waals surface area contributed by atoms with Crippen LogP contribution in [0.5, 0.6) is 0 Å². The molecular weight excluding hydrogens is 690 g/mol. The van der Waals surface area contributed by atoms with Crippen molar-refractivity contribution in [2.75, 3.05) is 13.1 Å². The lowest BCUT2D eigenvalue weighted by Crippen LogP contribution is -2.38. The van der Waals surface area contributed by atoms with Crippen molar-refractivity contribution in [3.63, 3.8) is 0 Å². The van der Waals surface area contributed by atoms with Gasteiger partial charge in [0.25, 0.3) is 5.91 Å².